The van der Waals surface area contributed by atoms with E-state index in [4.69, 9.17) is 18.0 Å². The molecule has 0 bridgehead atoms. The molecule has 108 valence electrons. The molecule has 0 aliphatic heterocycles. The normalized spacial score (nSPS) is 19.1. The van der Waals surface area contributed by atoms with Crippen molar-refractivity contribution in [2.45, 2.75) is 45.1 Å². The molecule has 1 unspecified atom stereocenters. The molecule has 1 aliphatic rings. The highest BCUT2D eigenvalue weighted by atomic mass is 32.1. The molecule has 2 rings (SSSR count). The van der Waals surface area contributed by atoms with Crippen molar-refractivity contribution in [3.63, 3.8) is 0 Å². The number of hydrogen-bond donors (Lipinski definition) is 2. The first-order valence-corrected chi connectivity index (χ1v) is 7.49. The Labute approximate surface area is 125 Å². The fourth-order valence-corrected chi connectivity index (χ4v) is 3.08. The third-order valence-corrected chi connectivity index (χ3v) is 4.48. The average molecular weight is 291 g/mol. The fraction of sp³-hybridized carbons (Fsp3) is 0.533. The Hall–Kier alpha value is -1.49. The second-order valence-electron chi connectivity index (χ2n) is 5.46. The van der Waals surface area contributed by atoms with Gasteiger partial charge >= 0.3 is 0 Å². The predicted molar refractivity (Wildman–Crippen MR) is 83.1 cm³/mol. The SMILES string of the molecule is CC(NC(=O)C1(C(N)=S)CCCCC1)c1ccccn1. The summed E-state index contributed by atoms with van der Waals surface area (Å²) >= 11 is 5.17. The maximum absolute atomic E-state index is 12.6. The topological polar surface area (TPSA) is 68.0 Å². The summed E-state index contributed by atoms with van der Waals surface area (Å²) < 4.78 is 0. The van der Waals surface area contributed by atoms with Crippen LogP contribution in [0.15, 0.2) is 24.4 Å². The second-order valence-corrected chi connectivity index (χ2v) is 5.90. The molecule has 1 fully saturated rings. The summed E-state index contributed by atoms with van der Waals surface area (Å²) in [6.45, 7) is 1.93. The van der Waals surface area contributed by atoms with Crippen molar-refractivity contribution in [2.75, 3.05) is 0 Å². The van der Waals surface area contributed by atoms with Crippen LogP contribution >= 0.6 is 12.2 Å². The lowest BCUT2D eigenvalue weighted by molar-refractivity contribution is -0.129. The molecule has 5 heteroatoms. The Kier molecular flexibility index (Phi) is 4.70. The molecule has 1 amide bonds. The number of pyridine rings is 1. The minimum atomic E-state index is -0.670. The molecule has 0 radical (unpaired) electrons. The van der Waals surface area contributed by atoms with Crippen LogP contribution in [0.4, 0.5) is 0 Å². The number of nitrogens with two attached hydrogens (primary N) is 1. The number of hydrogen-bond acceptors (Lipinski definition) is 3. The lowest BCUT2D eigenvalue weighted by Gasteiger charge is -2.35. The van der Waals surface area contributed by atoms with Gasteiger partial charge in [0.2, 0.25) is 5.91 Å². The molecule has 20 heavy (non-hydrogen) atoms. The summed E-state index contributed by atoms with van der Waals surface area (Å²) in [5.74, 6) is -0.0529. The summed E-state index contributed by atoms with van der Waals surface area (Å²) in [7, 11) is 0. The van der Waals surface area contributed by atoms with Crippen LogP contribution in [0.1, 0.15) is 50.8 Å². The van der Waals surface area contributed by atoms with E-state index in [-0.39, 0.29) is 11.9 Å². The molecule has 1 aliphatic carbocycles. The van der Waals surface area contributed by atoms with Crippen LogP contribution in [0.2, 0.25) is 0 Å². The van der Waals surface area contributed by atoms with Crippen LogP contribution < -0.4 is 11.1 Å². The first-order valence-electron chi connectivity index (χ1n) is 7.08. The van der Waals surface area contributed by atoms with Crippen molar-refractivity contribution < 1.29 is 4.79 Å². The molecule has 1 aromatic rings. The van der Waals surface area contributed by atoms with E-state index < -0.39 is 5.41 Å². The molecule has 0 saturated heterocycles. The lowest BCUT2D eigenvalue weighted by Crippen LogP contribution is -2.50. The lowest BCUT2D eigenvalue weighted by atomic mass is 9.73. The number of carbonyl (C=O) groups is 1. The summed E-state index contributed by atoms with van der Waals surface area (Å²) in [5, 5.41) is 3.02. The molecule has 1 aromatic heterocycles. The Bertz CT molecular complexity index is 483. The molecule has 1 heterocycles. The summed E-state index contributed by atoms with van der Waals surface area (Å²) in [6.07, 6.45) is 6.38. The zero-order valence-corrected chi connectivity index (χ0v) is 12.6. The molecule has 1 saturated carbocycles. The Balaban J connectivity index is 2.11. The number of nitrogens with one attached hydrogen (secondary N) is 1. The van der Waals surface area contributed by atoms with Gasteiger partial charge in [0.05, 0.1) is 22.1 Å². The van der Waals surface area contributed by atoms with Crippen LogP contribution in [0.25, 0.3) is 0 Å². The Morgan fingerprint density at radius 2 is 2.10 bits per heavy atom. The van der Waals surface area contributed by atoms with Crippen LogP contribution in [-0.2, 0) is 4.79 Å². The molecule has 4 nitrogen and oxygen atoms in total. The van der Waals surface area contributed by atoms with Gasteiger partial charge in [-0.3, -0.25) is 9.78 Å². The molecule has 0 aromatic carbocycles. The van der Waals surface area contributed by atoms with E-state index in [1.165, 1.54) is 0 Å². The van der Waals surface area contributed by atoms with Gasteiger partial charge in [-0.25, -0.2) is 0 Å². The predicted octanol–water partition coefficient (Wildman–Crippen LogP) is 2.50. The van der Waals surface area contributed by atoms with E-state index in [1.807, 2.05) is 25.1 Å². The number of nitrogens with zero attached hydrogens (tertiary/aromatic N) is 1. The molecule has 1 atom stereocenters. The summed E-state index contributed by atoms with van der Waals surface area (Å²) in [6, 6.07) is 5.53. The van der Waals surface area contributed by atoms with Gasteiger partial charge in [-0.05, 0) is 31.9 Å². The number of rotatable bonds is 4. The van der Waals surface area contributed by atoms with Crippen molar-refractivity contribution in [2.24, 2.45) is 11.1 Å². The molecule has 3 N–H and O–H groups in total. The third-order valence-electron chi connectivity index (χ3n) is 4.09. The van der Waals surface area contributed by atoms with Crippen molar-refractivity contribution in [3.05, 3.63) is 30.1 Å². The largest absolute Gasteiger partial charge is 0.392 e. The van der Waals surface area contributed by atoms with Gasteiger partial charge in [-0.1, -0.05) is 37.5 Å². The summed E-state index contributed by atoms with van der Waals surface area (Å²) in [5.41, 5.74) is 6.04. The highest BCUT2D eigenvalue weighted by Crippen LogP contribution is 2.37. The van der Waals surface area contributed by atoms with E-state index in [2.05, 4.69) is 10.3 Å². The molecule has 0 spiro atoms. The minimum absolute atomic E-state index is 0.0529. The molecular weight excluding hydrogens is 270 g/mol. The fourth-order valence-electron chi connectivity index (χ4n) is 2.78. The van der Waals surface area contributed by atoms with Gasteiger partial charge in [0.25, 0.3) is 0 Å². The van der Waals surface area contributed by atoms with E-state index in [0.29, 0.717) is 4.99 Å². The van der Waals surface area contributed by atoms with Gasteiger partial charge in [0.15, 0.2) is 0 Å². The summed E-state index contributed by atoms with van der Waals surface area (Å²) in [4.78, 5) is 17.2. The van der Waals surface area contributed by atoms with Gasteiger partial charge in [-0.2, -0.15) is 0 Å². The van der Waals surface area contributed by atoms with Crippen LogP contribution in [0.5, 0.6) is 0 Å². The number of aromatic nitrogens is 1. The maximum atomic E-state index is 12.6. The van der Waals surface area contributed by atoms with Crippen LogP contribution in [0, 0.1) is 5.41 Å². The first-order chi connectivity index (χ1) is 9.56. The van der Waals surface area contributed by atoms with Crippen LogP contribution in [-0.4, -0.2) is 15.9 Å². The van der Waals surface area contributed by atoms with Crippen molar-refractivity contribution in [1.29, 1.82) is 0 Å². The smallest absolute Gasteiger partial charge is 0.233 e. The second kappa shape index (κ2) is 6.31. The zero-order chi connectivity index (χ0) is 14.6. The Morgan fingerprint density at radius 1 is 1.40 bits per heavy atom. The number of carbonyl (C=O) groups excluding carboxylic acids is 1. The van der Waals surface area contributed by atoms with Gasteiger partial charge < -0.3 is 11.1 Å². The third kappa shape index (κ3) is 2.98. The number of thiocarbonyl (C=S) groups is 1. The van der Waals surface area contributed by atoms with Crippen LogP contribution in [0.3, 0.4) is 0 Å². The number of amides is 1. The monoisotopic (exact) mass is 291 g/mol. The first kappa shape index (κ1) is 14.9. The zero-order valence-electron chi connectivity index (χ0n) is 11.8. The standard InChI is InChI=1S/C15H21N3OS/c1-11(12-7-3-6-10-17-12)18-14(19)15(13(16)20)8-4-2-5-9-15/h3,6-7,10-11H,2,4-5,8-9H2,1H3,(H2,16,20)(H,18,19). The van der Waals surface area contributed by atoms with Gasteiger partial charge in [0.1, 0.15) is 0 Å². The highest BCUT2D eigenvalue weighted by Gasteiger charge is 2.42. The van der Waals surface area contributed by atoms with Crippen molar-refractivity contribution >= 4 is 23.1 Å². The molecular formula is C15H21N3OS. The van der Waals surface area contributed by atoms with Crippen molar-refractivity contribution in [1.82, 2.24) is 10.3 Å². The van der Waals surface area contributed by atoms with Gasteiger partial charge in [0, 0.05) is 6.20 Å². The van der Waals surface area contributed by atoms with Crippen molar-refractivity contribution in [3.8, 4) is 0 Å². The maximum Gasteiger partial charge on any atom is 0.233 e. The van der Waals surface area contributed by atoms with Gasteiger partial charge in [-0.15, -0.1) is 0 Å². The minimum Gasteiger partial charge on any atom is -0.392 e. The van der Waals surface area contributed by atoms with E-state index in [9.17, 15) is 4.79 Å². The van der Waals surface area contributed by atoms with E-state index in [1.54, 1.807) is 6.20 Å². The van der Waals surface area contributed by atoms with E-state index in [0.717, 1.165) is 37.8 Å². The van der Waals surface area contributed by atoms with E-state index >= 15 is 0 Å². The quantitative estimate of drug-likeness (QED) is 0.836. The average Bonchev–Trinajstić information content (AvgIpc) is 2.48. The highest BCUT2D eigenvalue weighted by molar-refractivity contribution is 7.80. The Morgan fingerprint density at radius 3 is 2.65 bits per heavy atom.